The summed E-state index contributed by atoms with van der Waals surface area (Å²) in [5, 5.41) is 10.6. The highest BCUT2D eigenvalue weighted by molar-refractivity contribution is 9.10. The Kier molecular flexibility index (Phi) is 2.16. The van der Waals surface area contributed by atoms with Crippen molar-refractivity contribution in [2.24, 2.45) is 5.73 Å². The van der Waals surface area contributed by atoms with E-state index in [1.54, 1.807) is 0 Å². The summed E-state index contributed by atoms with van der Waals surface area (Å²) < 4.78 is 5.86. The van der Waals surface area contributed by atoms with Gasteiger partial charge in [0.1, 0.15) is 12.4 Å². The normalized spacial score (nSPS) is 18.9. The SMILES string of the molecule is N[C@H]1COc2c(Br)cc([N+](=O)[O-])cc21. The molecule has 0 amide bonds. The minimum absolute atomic E-state index is 0.0246. The summed E-state index contributed by atoms with van der Waals surface area (Å²) in [7, 11) is 0. The van der Waals surface area contributed by atoms with Gasteiger partial charge in [-0.05, 0) is 15.9 Å². The molecule has 1 aliphatic rings. The number of benzene rings is 1. The Morgan fingerprint density at radius 1 is 1.64 bits per heavy atom. The van der Waals surface area contributed by atoms with E-state index in [0.717, 1.165) is 0 Å². The monoisotopic (exact) mass is 258 g/mol. The van der Waals surface area contributed by atoms with Gasteiger partial charge in [-0.15, -0.1) is 0 Å². The van der Waals surface area contributed by atoms with Gasteiger partial charge in [-0.25, -0.2) is 0 Å². The molecule has 0 radical (unpaired) electrons. The van der Waals surface area contributed by atoms with Crippen LogP contribution < -0.4 is 10.5 Å². The van der Waals surface area contributed by atoms with Crippen molar-refractivity contribution in [3.8, 4) is 5.75 Å². The molecule has 2 N–H and O–H groups in total. The van der Waals surface area contributed by atoms with Gasteiger partial charge in [-0.2, -0.15) is 0 Å². The molecule has 0 aromatic heterocycles. The van der Waals surface area contributed by atoms with Crippen LogP contribution in [0.5, 0.6) is 5.75 Å². The Morgan fingerprint density at radius 2 is 2.36 bits per heavy atom. The zero-order valence-corrected chi connectivity index (χ0v) is 8.65. The molecule has 6 heteroatoms. The molecule has 0 saturated carbocycles. The van der Waals surface area contributed by atoms with Gasteiger partial charge in [0.05, 0.1) is 15.4 Å². The molecule has 14 heavy (non-hydrogen) atoms. The van der Waals surface area contributed by atoms with Crippen LogP contribution in [0.15, 0.2) is 16.6 Å². The van der Waals surface area contributed by atoms with Crippen LogP contribution in [0.2, 0.25) is 0 Å². The molecule has 0 bridgehead atoms. The average molecular weight is 259 g/mol. The number of fused-ring (bicyclic) bond motifs is 1. The number of nitro groups is 1. The Labute approximate surface area is 88.1 Å². The van der Waals surface area contributed by atoms with Crippen LogP contribution >= 0.6 is 15.9 Å². The molecule has 0 unspecified atom stereocenters. The first-order valence-electron chi connectivity index (χ1n) is 3.96. The van der Waals surface area contributed by atoms with E-state index in [9.17, 15) is 10.1 Å². The van der Waals surface area contributed by atoms with Gasteiger partial charge in [0.2, 0.25) is 0 Å². The number of non-ortho nitro benzene ring substituents is 1. The fourth-order valence-corrected chi connectivity index (χ4v) is 1.97. The third-order valence-corrected chi connectivity index (χ3v) is 2.66. The first-order chi connectivity index (χ1) is 6.59. The second-order valence-corrected chi connectivity index (χ2v) is 3.87. The molecule has 0 aliphatic carbocycles. The zero-order valence-electron chi connectivity index (χ0n) is 7.07. The van der Waals surface area contributed by atoms with Gasteiger partial charge in [-0.3, -0.25) is 10.1 Å². The molecule has 2 rings (SSSR count). The summed E-state index contributed by atoms with van der Waals surface area (Å²) >= 11 is 3.21. The minimum atomic E-state index is -0.448. The Balaban J connectivity index is 2.58. The van der Waals surface area contributed by atoms with Gasteiger partial charge >= 0.3 is 0 Å². The predicted molar refractivity (Wildman–Crippen MR) is 53.2 cm³/mol. The lowest BCUT2D eigenvalue weighted by molar-refractivity contribution is -0.385. The highest BCUT2D eigenvalue weighted by Gasteiger charge is 2.26. The van der Waals surface area contributed by atoms with Crippen molar-refractivity contribution in [2.45, 2.75) is 6.04 Å². The first-order valence-corrected chi connectivity index (χ1v) is 4.75. The number of nitrogens with two attached hydrogens (primary N) is 1. The van der Waals surface area contributed by atoms with Crippen LogP contribution in [0.25, 0.3) is 0 Å². The van der Waals surface area contributed by atoms with Crippen molar-refractivity contribution < 1.29 is 9.66 Å². The minimum Gasteiger partial charge on any atom is -0.490 e. The van der Waals surface area contributed by atoms with E-state index in [4.69, 9.17) is 10.5 Å². The van der Waals surface area contributed by atoms with E-state index in [-0.39, 0.29) is 11.7 Å². The number of rotatable bonds is 1. The summed E-state index contributed by atoms with van der Waals surface area (Å²) in [5.41, 5.74) is 6.43. The van der Waals surface area contributed by atoms with Crippen molar-refractivity contribution >= 4 is 21.6 Å². The van der Waals surface area contributed by atoms with Crippen molar-refractivity contribution in [1.29, 1.82) is 0 Å². The van der Waals surface area contributed by atoms with Gasteiger partial charge in [0, 0.05) is 17.7 Å². The van der Waals surface area contributed by atoms with Gasteiger partial charge in [0.15, 0.2) is 0 Å². The molecule has 1 atom stereocenters. The molecule has 1 aliphatic heterocycles. The number of hydrogen-bond acceptors (Lipinski definition) is 4. The maximum absolute atomic E-state index is 10.6. The van der Waals surface area contributed by atoms with E-state index < -0.39 is 4.92 Å². The molecule has 0 fully saturated rings. The van der Waals surface area contributed by atoms with E-state index in [1.165, 1.54) is 12.1 Å². The molecule has 1 heterocycles. The fourth-order valence-electron chi connectivity index (χ4n) is 1.40. The maximum Gasteiger partial charge on any atom is 0.271 e. The molecule has 0 saturated heterocycles. The third-order valence-electron chi connectivity index (χ3n) is 2.07. The predicted octanol–water partition coefficient (Wildman–Crippen LogP) is 1.75. The first kappa shape index (κ1) is 9.42. The average Bonchev–Trinajstić information content (AvgIpc) is 2.48. The smallest absolute Gasteiger partial charge is 0.271 e. The molecule has 74 valence electrons. The Morgan fingerprint density at radius 3 is 3.00 bits per heavy atom. The number of nitro benzene ring substituents is 1. The topological polar surface area (TPSA) is 78.4 Å². The van der Waals surface area contributed by atoms with Crippen LogP contribution in [0.4, 0.5) is 5.69 Å². The van der Waals surface area contributed by atoms with Crippen LogP contribution in [0.3, 0.4) is 0 Å². The maximum atomic E-state index is 10.6. The van der Waals surface area contributed by atoms with Gasteiger partial charge < -0.3 is 10.5 Å². The standard InChI is InChI=1S/C8H7BrN2O3/c9-6-2-4(11(12)13)1-5-7(10)3-14-8(5)6/h1-2,7H,3,10H2/t7-/m0/s1. The van der Waals surface area contributed by atoms with Crippen molar-refractivity contribution in [3.05, 3.63) is 32.3 Å². The van der Waals surface area contributed by atoms with Crippen LogP contribution in [0.1, 0.15) is 11.6 Å². The lowest BCUT2D eigenvalue weighted by Gasteiger charge is -2.02. The van der Waals surface area contributed by atoms with E-state index in [0.29, 0.717) is 22.4 Å². The zero-order chi connectivity index (χ0) is 10.3. The van der Waals surface area contributed by atoms with E-state index >= 15 is 0 Å². The number of halogens is 1. The summed E-state index contributed by atoms with van der Waals surface area (Å²) in [6.45, 7) is 0.370. The van der Waals surface area contributed by atoms with E-state index in [2.05, 4.69) is 15.9 Å². The molecular formula is C8H7BrN2O3. The Hall–Kier alpha value is -1.14. The number of hydrogen-bond donors (Lipinski definition) is 1. The second kappa shape index (κ2) is 3.21. The molecule has 0 spiro atoms. The highest BCUT2D eigenvalue weighted by atomic mass is 79.9. The lowest BCUT2D eigenvalue weighted by Crippen LogP contribution is -2.10. The largest absolute Gasteiger partial charge is 0.490 e. The van der Waals surface area contributed by atoms with Crippen LogP contribution in [-0.2, 0) is 0 Å². The quantitative estimate of drug-likeness (QED) is 0.615. The second-order valence-electron chi connectivity index (χ2n) is 3.02. The number of nitrogens with zero attached hydrogens (tertiary/aromatic N) is 1. The number of ether oxygens (including phenoxy) is 1. The van der Waals surface area contributed by atoms with E-state index in [1.807, 2.05) is 0 Å². The molecule has 1 aromatic carbocycles. The van der Waals surface area contributed by atoms with Crippen molar-refractivity contribution in [2.75, 3.05) is 6.61 Å². The molecule has 1 aromatic rings. The van der Waals surface area contributed by atoms with Gasteiger partial charge in [-0.1, -0.05) is 0 Å². The summed E-state index contributed by atoms with van der Waals surface area (Å²) in [6, 6.07) is 2.59. The van der Waals surface area contributed by atoms with Crippen molar-refractivity contribution in [1.82, 2.24) is 0 Å². The molecular weight excluding hydrogens is 252 g/mol. The van der Waals surface area contributed by atoms with Crippen molar-refractivity contribution in [3.63, 3.8) is 0 Å². The summed E-state index contributed by atoms with van der Waals surface area (Å²) in [4.78, 5) is 10.1. The summed E-state index contributed by atoms with van der Waals surface area (Å²) in [6.07, 6.45) is 0. The summed E-state index contributed by atoms with van der Waals surface area (Å²) in [5.74, 6) is 0.614. The van der Waals surface area contributed by atoms with Crippen LogP contribution in [0, 0.1) is 10.1 Å². The highest BCUT2D eigenvalue weighted by Crippen LogP contribution is 2.40. The van der Waals surface area contributed by atoms with Gasteiger partial charge in [0.25, 0.3) is 5.69 Å². The third kappa shape index (κ3) is 1.36. The fraction of sp³-hybridized carbons (Fsp3) is 0.250. The lowest BCUT2D eigenvalue weighted by atomic mass is 10.1. The Bertz CT molecular complexity index is 408. The van der Waals surface area contributed by atoms with Crippen LogP contribution in [-0.4, -0.2) is 11.5 Å². The molecule has 5 nitrogen and oxygen atoms in total.